The summed E-state index contributed by atoms with van der Waals surface area (Å²) in [6.45, 7) is 6.38. The summed E-state index contributed by atoms with van der Waals surface area (Å²) in [6, 6.07) is 35.6. The zero-order valence-electron chi connectivity index (χ0n) is 40.5. The summed E-state index contributed by atoms with van der Waals surface area (Å²) < 4.78 is 12.2. The third-order valence-electron chi connectivity index (χ3n) is 15.2. The van der Waals surface area contributed by atoms with E-state index in [2.05, 4.69) is 90.4 Å². The van der Waals surface area contributed by atoms with Crippen molar-refractivity contribution in [2.75, 3.05) is 36.0 Å². The molecule has 2 aromatic carbocycles. The van der Waals surface area contributed by atoms with Crippen LogP contribution in [-0.4, -0.2) is 92.2 Å². The van der Waals surface area contributed by atoms with Crippen LogP contribution in [0.3, 0.4) is 0 Å². The van der Waals surface area contributed by atoms with Crippen molar-refractivity contribution in [1.29, 1.82) is 0 Å². The lowest BCUT2D eigenvalue weighted by Crippen LogP contribution is -2.55. The predicted octanol–water partition coefficient (Wildman–Crippen LogP) is 8.13. The lowest BCUT2D eigenvalue weighted by atomic mass is 9.92. The topological polar surface area (TPSA) is 211 Å². The zero-order valence-corrected chi connectivity index (χ0v) is 40.5. The number of carbonyl (C=O) groups excluding carboxylic acids is 2. The van der Waals surface area contributed by atoms with Crippen molar-refractivity contribution < 1.29 is 28.6 Å². The monoisotopic (exact) mass is 964 g/mol. The molecule has 6 N–H and O–H groups in total. The maximum Gasteiger partial charge on any atom is 0.226 e. The molecule has 72 heavy (non-hydrogen) atoms. The van der Waals surface area contributed by atoms with Crippen LogP contribution in [0.5, 0.6) is 0 Å². The number of carbonyl (C=O) groups is 2. The van der Waals surface area contributed by atoms with E-state index in [1.807, 2.05) is 50.2 Å². The van der Waals surface area contributed by atoms with Crippen molar-refractivity contribution in [3.63, 3.8) is 0 Å². The maximum absolute atomic E-state index is 13.2. The van der Waals surface area contributed by atoms with Crippen LogP contribution in [0, 0.1) is 11.8 Å². The molecule has 10 atom stereocenters. The van der Waals surface area contributed by atoms with Gasteiger partial charge in [0, 0.05) is 133 Å². The number of furan rings is 2. The van der Waals surface area contributed by atoms with Crippen LogP contribution in [0.2, 0.25) is 0 Å². The molecule has 2 saturated carbocycles. The Labute approximate surface area is 418 Å². The van der Waals surface area contributed by atoms with Crippen molar-refractivity contribution in [3.8, 4) is 0 Å². The summed E-state index contributed by atoms with van der Waals surface area (Å²) in [4.78, 5) is 48.4. The minimum absolute atomic E-state index is 0.0376. The molecule has 0 radical (unpaired) electrons. The molecule has 4 fully saturated rings. The number of Topliss-reactive ketones (excluding diaryl/α,β-unsaturated/α-hetero) is 2. The number of aromatic nitrogens is 4. The molecule has 2 aliphatic heterocycles. The summed E-state index contributed by atoms with van der Waals surface area (Å²) in [5.74, 6) is 3.43. The molecule has 0 amide bonds. The molecule has 12 rings (SSSR count). The minimum atomic E-state index is -0.527. The van der Waals surface area contributed by atoms with Gasteiger partial charge in [0.25, 0.3) is 0 Å². The summed E-state index contributed by atoms with van der Waals surface area (Å²) in [6.07, 6.45) is 8.34. The zero-order chi connectivity index (χ0) is 49.6. The first kappa shape index (κ1) is 47.2. The highest BCUT2D eigenvalue weighted by molar-refractivity contribution is 5.99. The van der Waals surface area contributed by atoms with Crippen LogP contribution in [0.1, 0.15) is 105 Å². The number of rotatable bonds is 12. The molecule has 2 saturated heterocycles. The fraction of sp³-hybridized carbons (Fsp3) is 0.345. The van der Waals surface area contributed by atoms with Crippen molar-refractivity contribution in [2.24, 2.45) is 23.3 Å². The molecule has 2 aliphatic carbocycles. The highest BCUT2D eigenvalue weighted by Gasteiger charge is 2.43. The number of piperidine rings is 2. The second-order valence-corrected chi connectivity index (χ2v) is 20.5. The fourth-order valence-electron chi connectivity index (χ4n) is 11.0. The fourth-order valence-corrected chi connectivity index (χ4v) is 11.0. The van der Waals surface area contributed by atoms with Gasteiger partial charge in [-0.15, -0.1) is 0 Å². The number of anilines is 2. The summed E-state index contributed by atoms with van der Waals surface area (Å²) in [7, 11) is 0. The number of benzene rings is 2. The van der Waals surface area contributed by atoms with Gasteiger partial charge in [0.15, 0.2) is 11.6 Å². The first-order chi connectivity index (χ1) is 34.9. The van der Waals surface area contributed by atoms with Crippen LogP contribution in [0.15, 0.2) is 143 Å². The van der Waals surface area contributed by atoms with Crippen molar-refractivity contribution in [1.82, 2.24) is 19.9 Å². The summed E-state index contributed by atoms with van der Waals surface area (Å²) >= 11 is 0. The lowest BCUT2D eigenvalue weighted by Gasteiger charge is -2.40. The second kappa shape index (κ2) is 19.8. The Hall–Kier alpha value is -7.10. The van der Waals surface area contributed by atoms with Gasteiger partial charge in [-0.2, -0.15) is 0 Å². The van der Waals surface area contributed by atoms with Gasteiger partial charge in [-0.3, -0.25) is 19.6 Å². The summed E-state index contributed by atoms with van der Waals surface area (Å²) in [5.41, 5.74) is 20.3. The van der Waals surface area contributed by atoms with E-state index in [1.165, 1.54) is 11.1 Å². The van der Waals surface area contributed by atoms with Gasteiger partial charge in [-0.1, -0.05) is 74.5 Å². The van der Waals surface area contributed by atoms with E-state index in [-0.39, 0.29) is 48.3 Å². The normalized spacial score (nSPS) is 25.8. The number of hydrogen-bond donors (Lipinski definition) is 4. The lowest BCUT2D eigenvalue weighted by molar-refractivity contribution is 0.0783. The highest BCUT2D eigenvalue weighted by atomic mass is 16.3. The smallest absolute Gasteiger partial charge is 0.226 e. The van der Waals surface area contributed by atoms with E-state index in [0.717, 1.165) is 57.6 Å². The van der Waals surface area contributed by atoms with Crippen LogP contribution in [0.25, 0.3) is 22.2 Å². The SMILES string of the molecule is C[C@H]1CN(c2ccncc2CC(=O)c2ccc3cc([C@@H]4C[C@H]4c4ccccc4)oc3n2)C[C@@H](N)[C@@H]1O.C[C@H]1CN(c2ccncc2CC(=O)c2ccc3cc([C@H]4C[C@@H]4c4ccccc4)oc3n2)C[C@@H](N)[C@@H]1O. The number of hydrogen-bond acceptors (Lipinski definition) is 14. The number of nitrogens with two attached hydrogens (primary N) is 2. The van der Waals surface area contributed by atoms with Crippen LogP contribution < -0.4 is 21.3 Å². The Morgan fingerprint density at radius 3 is 1.39 bits per heavy atom. The minimum Gasteiger partial charge on any atom is -0.442 e. The molecular formula is C58H60N8O6. The second-order valence-electron chi connectivity index (χ2n) is 20.5. The van der Waals surface area contributed by atoms with Gasteiger partial charge in [-0.25, -0.2) is 9.97 Å². The van der Waals surface area contributed by atoms with E-state index in [4.69, 9.17) is 20.3 Å². The number of nitrogens with zero attached hydrogens (tertiary/aromatic N) is 6. The van der Waals surface area contributed by atoms with E-state index < -0.39 is 12.2 Å². The van der Waals surface area contributed by atoms with Gasteiger partial charge in [0.2, 0.25) is 11.4 Å². The molecule has 8 heterocycles. The molecule has 368 valence electrons. The molecule has 14 nitrogen and oxygen atoms in total. The predicted molar refractivity (Wildman–Crippen MR) is 276 cm³/mol. The molecular weight excluding hydrogens is 905 g/mol. The van der Waals surface area contributed by atoms with Crippen molar-refractivity contribution in [3.05, 3.63) is 179 Å². The Balaban J connectivity index is 0.000000156. The van der Waals surface area contributed by atoms with Gasteiger partial charge in [0.1, 0.15) is 22.9 Å². The number of pyridine rings is 4. The Morgan fingerprint density at radius 1 is 0.569 bits per heavy atom. The molecule has 8 aromatic rings. The molecule has 0 spiro atoms. The Kier molecular flexibility index (Phi) is 13.0. The van der Waals surface area contributed by atoms with Crippen molar-refractivity contribution in [2.45, 2.75) is 87.5 Å². The Bertz CT molecular complexity index is 3000. The van der Waals surface area contributed by atoms with E-state index in [9.17, 15) is 19.8 Å². The molecule has 4 aliphatic rings. The number of ketones is 2. The van der Waals surface area contributed by atoms with Crippen LogP contribution >= 0.6 is 0 Å². The maximum atomic E-state index is 13.2. The van der Waals surface area contributed by atoms with Crippen molar-refractivity contribution >= 4 is 45.1 Å². The first-order valence-corrected chi connectivity index (χ1v) is 25.2. The molecule has 0 bridgehead atoms. The Morgan fingerprint density at radius 2 is 0.986 bits per heavy atom. The average Bonchev–Trinajstić information content (AvgIpc) is 4.30. The largest absolute Gasteiger partial charge is 0.442 e. The van der Waals surface area contributed by atoms with Gasteiger partial charge >= 0.3 is 0 Å². The highest BCUT2D eigenvalue weighted by Crippen LogP contribution is 2.56. The van der Waals surface area contributed by atoms with Crippen LogP contribution in [-0.2, 0) is 12.8 Å². The van der Waals surface area contributed by atoms with Gasteiger partial charge in [-0.05, 0) is 84.3 Å². The average molecular weight is 965 g/mol. The van der Waals surface area contributed by atoms with E-state index >= 15 is 0 Å². The summed E-state index contributed by atoms with van der Waals surface area (Å²) in [5, 5.41) is 22.3. The molecule has 0 unspecified atom stereocenters. The van der Waals surface area contributed by atoms with Crippen LogP contribution in [0.4, 0.5) is 11.4 Å². The van der Waals surface area contributed by atoms with Gasteiger partial charge in [0.05, 0.1) is 12.2 Å². The number of aliphatic hydroxyl groups is 2. The molecule has 14 heteroatoms. The van der Waals surface area contributed by atoms with Gasteiger partial charge < -0.3 is 40.3 Å². The quantitative estimate of drug-likeness (QED) is 0.0853. The van der Waals surface area contributed by atoms with E-state index in [1.54, 1.807) is 36.9 Å². The molecule has 6 aromatic heterocycles. The number of fused-ring (bicyclic) bond motifs is 2. The third kappa shape index (κ3) is 9.79. The number of aliphatic hydroxyl groups excluding tert-OH is 2. The third-order valence-corrected chi connectivity index (χ3v) is 15.2. The standard InChI is InChI=1S/2C29H30N4O3/c2*1-17-15-33(16-23(30)28(17)35)25-9-10-31-14-20(25)11-26(34)24-8-7-19-12-27(36-29(19)32-24)22-13-21(22)18-5-3-2-4-6-18/h2*2-10,12,14,17,21-23,28,35H,11,13,15-16,30H2,1H3/t17-,21+,22-,23+,28+;17-,21-,22+,23+,28+/m00/s1. The first-order valence-electron chi connectivity index (χ1n) is 25.2. The van der Waals surface area contributed by atoms with E-state index in [0.29, 0.717) is 72.7 Å².